The van der Waals surface area contributed by atoms with E-state index in [1.54, 1.807) is 17.9 Å². The zero-order valence-corrected chi connectivity index (χ0v) is 15.0. The third kappa shape index (κ3) is 3.30. The molecule has 0 N–H and O–H groups in total. The second-order valence-electron chi connectivity index (χ2n) is 6.35. The van der Waals surface area contributed by atoms with E-state index in [1.165, 1.54) is 12.1 Å². The predicted octanol–water partition coefficient (Wildman–Crippen LogP) is 2.47. The van der Waals surface area contributed by atoms with Crippen molar-refractivity contribution in [2.75, 3.05) is 24.6 Å². The molecule has 0 aliphatic carbocycles. The number of morpholine rings is 1. The lowest BCUT2D eigenvalue weighted by atomic mass is 9.96. The topological polar surface area (TPSA) is 64.4 Å². The van der Waals surface area contributed by atoms with Crippen molar-refractivity contribution in [3.8, 4) is 0 Å². The molecule has 142 valence electrons. The highest BCUT2D eigenvalue weighted by atomic mass is 32.2. The first-order chi connectivity index (χ1) is 12.0. The molecule has 10 heteroatoms. The predicted molar refractivity (Wildman–Crippen MR) is 88.4 cm³/mol. The minimum Gasteiger partial charge on any atom is -0.367 e. The Morgan fingerprint density at radius 2 is 1.88 bits per heavy atom. The fourth-order valence-corrected chi connectivity index (χ4v) is 3.69. The maximum atomic E-state index is 12.6. The lowest BCUT2D eigenvalue weighted by molar-refractivity contribution is -0.0466. The molecule has 0 spiro atoms. The Hall–Kier alpha value is -2.07. The summed E-state index contributed by atoms with van der Waals surface area (Å²) in [4.78, 5) is 1.18. The first-order valence-corrected chi connectivity index (χ1v) is 9.31. The van der Waals surface area contributed by atoms with Crippen LogP contribution in [0.5, 0.6) is 0 Å². The molecule has 3 rings (SSSR count). The van der Waals surface area contributed by atoms with Gasteiger partial charge in [0.25, 0.3) is 9.84 Å². The van der Waals surface area contributed by atoms with Gasteiger partial charge in [0.05, 0.1) is 24.2 Å². The third-order valence-electron chi connectivity index (χ3n) is 4.41. The molecule has 0 radical (unpaired) electrons. The van der Waals surface area contributed by atoms with Crippen LogP contribution in [0.1, 0.15) is 12.5 Å². The van der Waals surface area contributed by atoms with Gasteiger partial charge in [-0.25, -0.2) is 8.42 Å². The van der Waals surface area contributed by atoms with Gasteiger partial charge in [-0.3, -0.25) is 4.68 Å². The van der Waals surface area contributed by atoms with Crippen molar-refractivity contribution in [2.24, 2.45) is 7.05 Å². The summed E-state index contributed by atoms with van der Waals surface area (Å²) in [6, 6.07) is 4.73. The number of rotatable bonds is 3. The lowest BCUT2D eigenvalue weighted by Crippen LogP contribution is -2.48. The van der Waals surface area contributed by atoms with Crippen molar-refractivity contribution in [3.05, 3.63) is 42.2 Å². The number of aryl methyl sites for hydroxylation is 1. The van der Waals surface area contributed by atoms with Gasteiger partial charge in [0.2, 0.25) is 0 Å². The van der Waals surface area contributed by atoms with Gasteiger partial charge in [-0.1, -0.05) is 0 Å². The minimum absolute atomic E-state index is 0.425. The van der Waals surface area contributed by atoms with Crippen LogP contribution in [0.25, 0.3) is 0 Å². The summed E-state index contributed by atoms with van der Waals surface area (Å²) in [6.45, 7) is 3.35. The Kier molecular flexibility index (Phi) is 4.51. The standard InChI is InChI=1S/C16H18F3N3O3S/c1-15(12-9-20-21(2)10-12)11-22(7-8-25-15)13-3-5-14(6-4-13)26(23,24)16(17,18)19/h3-6,9-10H,7-8,11H2,1-2H3. The summed E-state index contributed by atoms with van der Waals surface area (Å²) < 4.78 is 68.4. The van der Waals surface area contributed by atoms with Crippen molar-refractivity contribution >= 4 is 15.5 Å². The number of halogens is 3. The van der Waals surface area contributed by atoms with Gasteiger partial charge < -0.3 is 9.64 Å². The molecule has 1 fully saturated rings. The van der Waals surface area contributed by atoms with E-state index in [1.807, 2.05) is 18.0 Å². The molecular formula is C16H18F3N3O3S. The van der Waals surface area contributed by atoms with Crippen molar-refractivity contribution in [3.63, 3.8) is 0 Å². The number of hydrogen-bond acceptors (Lipinski definition) is 5. The van der Waals surface area contributed by atoms with Crippen LogP contribution in [0.4, 0.5) is 18.9 Å². The Morgan fingerprint density at radius 3 is 2.42 bits per heavy atom. The summed E-state index contributed by atoms with van der Waals surface area (Å²) in [5.74, 6) is 0. The molecule has 26 heavy (non-hydrogen) atoms. The summed E-state index contributed by atoms with van der Waals surface area (Å²) in [6.07, 6.45) is 3.56. The van der Waals surface area contributed by atoms with Crippen LogP contribution in [0.2, 0.25) is 0 Å². The minimum atomic E-state index is -5.34. The van der Waals surface area contributed by atoms with Crippen LogP contribution in [0, 0.1) is 0 Å². The number of nitrogens with zero attached hydrogens (tertiary/aromatic N) is 3. The van der Waals surface area contributed by atoms with E-state index in [0.717, 1.165) is 17.7 Å². The molecule has 1 aromatic carbocycles. The van der Waals surface area contributed by atoms with Crippen LogP contribution < -0.4 is 4.90 Å². The van der Waals surface area contributed by atoms with Gasteiger partial charge in [0.15, 0.2) is 0 Å². The highest BCUT2D eigenvalue weighted by molar-refractivity contribution is 7.92. The molecule has 1 saturated heterocycles. The molecule has 1 aromatic heterocycles. The molecule has 1 aliphatic rings. The van der Waals surface area contributed by atoms with Crippen LogP contribution in [0.15, 0.2) is 41.6 Å². The fourth-order valence-electron chi connectivity index (χ4n) is 2.93. The van der Waals surface area contributed by atoms with E-state index >= 15 is 0 Å². The van der Waals surface area contributed by atoms with Gasteiger partial charge in [-0.15, -0.1) is 0 Å². The highest BCUT2D eigenvalue weighted by Crippen LogP contribution is 2.34. The average Bonchev–Trinajstić information content (AvgIpc) is 3.01. The number of aromatic nitrogens is 2. The molecule has 1 aliphatic heterocycles. The van der Waals surface area contributed by atoms with Gasteiger partial charge in [-0.05, 0) is 31.2 Å². The number of anilines is 1. The smallest absolute Gasteiger partial charge is 0.367 e. The van der Waals surface area contributed by atoms with E-state index in [2.05, 4.69) is 5.10 Å². The highest BCUT2D eigenvalue weighted by Gasteiger charge is 2.46. The largest absolute Gasteiger partial charge is 0.501 e. The Morgan fingerprint density at radius 1 is 1.23 bits per heavy atom. The zero-order valence-electron chi connectivity index (χ0n) is 14.2. The monoisotopic (exact) mass is 389 g/mol. The first kappa shape index (κ1) is 18.7. The maximum absolute atomic E-state index is 12.6. The van der Waals surface area contributed by atoms with Gasteiger partial charge in [0, 0.05) is 31.0 Å². The number of hydrogen-bond donors (Lipinski definition) is 0. The quantitative estimate of drug-likeness (QED) is 0.807. The zero-order chi connectivity index (χ0) is 19.2. The maximum Gasteiger partial charge on any atom is 0.501 e. The van der Waals surface area contributed by atoms with Crippen molar-refractivity contribution in [1.82, 2.24) is 9.78 Å². The number of benzene rings is 1. The molecule has 2 aromatic rings. The van der Waals surface area contributed by atoms with Crippen LogP contribution >= 0.6 is 0 Å². The molecule has 1 unspecified atom stereocenters. The van der Waals surface area contributed by atoms with E-state index in [4.69, 9.17) is 4.74 Å². The molecule has 0 bridgehead atoms. The second-order valence-corrected chi connectivity index (χ2v) is 8.29. The summed E-state index contributed by atoms with van der Waals surface area (Å²) in [7, 11) is -3.54. The first-order valence-electron chi connectivity index (χ1n) is 7.82. The van der Waals surface area contributed by atoms with Crippen LogP contribution in [0.3, 0.4) is 0 Å². The molecule has 2 heterocycles. The van der Waals surface area contributed by atoms with Gasteiger partial charge in [0.1, 0.15) is 5.60 Å². The second kappa shape index (κ2) is 6.27. The molecule has 0 saturated carbocycles. The summed E-state index contributed by atoms with van der Waals surface area (Å²) >= 11 is 0. The Labute approximate surface area is 149 Å². The summed E-state index contributed by atoms with van der Waals surface area (Å²) in [5.41, 5.74) is -4.42. The molecule has 1 atom stereocenters. The van der Waals surface area contributed by atoms with E-state index in [-0.39, 0.29) is 0 Å². The van der Waals surface area contributed by atoms with E-state index < -0.39 is 25.8 Å². The molecule has 0 amide bonds. The van der Waals surface area contributed by atoms with Gasteiger partial charge >= 0.3 is 5.51 Å². The average molecular weight is 389 g/mol. The normalized spacial score (nSPS) is 21.8. The fraction of sp³-hybridized carbons (Fsp3) is 0.438. The number of sulfone groups is 1. The van der Waals surface area contributed by atoms with Crippen LogP contribution in [-0.4, -0.2) is 43.4 Å². The van der Waals surface area contributed by atoms with E-state index in [0.29, 0.717) is 25.4 Å². The molecule has 6 nitrogen and oxygen atoms in total. The third-order valence-corrected chi connectivity index (χ3v) is 5.91. The number of ether oxygens (including phenoxy) is 1. The SMILES string of the molecule is Cn1cc(C2(C)CN(c3ccc(S(=O)(=O)C(F)(F)F)cc3)CCO2)cn1. The van der Waals surface area contributed by atoms with Crippen molar-refractivity contribution in [1.29, 1.82) is 0 Å². The van der Waals surface area contributed by atoms with E-state index in [9.17, 15) is 21.6 Å². The molecular weight excluding hydrogens is 371 g/mol. The Balaban J connectivity index is 1.84. The lowest BCUT2D eigenvalue weighted by Gasteiger charge is -2.41. The van der Waals surface area contributed by atoms with Crippen LogP contribution in [-0.2, 0) is 27.2 Å². The summed E-state index contributed by atoms with van der Waals surface area (Å²) in [5, 5.41) is 4.14. The van der Waals surface area contributed by atoms with Gasteiger partial charge in [-0.2, -0.15) is 18.3 Å². The van der Waals surface area contributed by atoms with Crippen molar-refractivity contribution < 1.29 is 26.3 Å². The number of alkyl halides is 3. The van der Waals surface area contributed by atoms with Crippen molar-refractivity contribution in [2.45, 2.75) is 22.9 Å². The Bertz CT molecular complexity index is 893.